The molecule has 1 atom stereocenters. The zero-order chi connectivity index (χ0) is 21.1. The third kappa shape index (κ3) is 4.42. The molecule has 1 aromatic heterocycles. The van der Waals surface area contributed by atoms with Crippen molar-refractivity contribution in [2.75, 3.05) is 18.1 Å². The summed E-state index contributed by atoms with van der Waals surface area (Å²) >= 11 is 0. The van der Waals surface area contributed by atoms with E-state index in [0.717, 1.165) is 35.6 Å². The number of esters is 1. The first-order chi connectivity index (χ1) is 13.8. The van der Waals surface area contributed by atoms with E-state index in [1.807, 2.05) is 51.1 Å². The number of benzene rings is 1. The fraction of sp³-hybridized carbons (Fsp3) is 0.435. The third-order valence-electron chi connectivity index (χ3n) is 5.47. The van der Waals surface area contributed by atoms with Crippen LogP contribution >= 0.6 is 0 Å². The second kappa shape index (κ2) is 8.64. The van der Waals surface area contributed by atoms with Crippen molar-refractivity contribution in [3.8, 4) is 0 Å². The number of carbonyl (C=O) groups is 3. The van der Waals surface area contributed by atoms with E-state index in [9.17, 15) is 14.4 Å². The van der Waals surface area contributed by atoms with Crippen LogP contribution in [-0.2, 0) is 20.9 Å². The Bertz CT molecular complexity index is 927. The van der Waals surface area contributed by atoms with E-state index in [1.54, 1.807) is 4.90 Å². The Morgan fingerprint density at radius 2 is 1.83 bits per heavy atom. The van der Waals surface area contributed by atoms with Gasteiger partial charge in [0.05, 0.1) is 5.92 Å². The van der Waals surface area contributed by atoms with Crippen molar-refractivity contribution < 1.29 is 19.1 Å². The molecule has 2 heterocycles. The lowest BCUT2D eigenvalue weighted by molar-refractivity contribution is -0.147. The van der Waals surface area contributed by atoms with Crippen LogP contribution < -0.4 is 4.90 Å². The predicted octanol–water partition coefficient (Wildman–Crippen LogP) is 3.60. The van der Waals surface area contributed by atoms with Gasteiger partial charge < -0.3 is 14.2 Å². The maximum absolute atomic E-state index is 12.6. The van der Waals surface area contributed by atoms with Crippen molar-refractivity contribution in [3.63, 3.8) is 0 Å². The van der Waals surface area contributed by atoms with Crippen LogP contribution in [0.1, 0.15) is 47.1 Å². The van der Waals surface area contributed by atoms with Crippen LogP contribution in [0.4, 0.5) is 5.69 Å². The van der Waals surface area contributed by atoms with Crippen LogP contribution in [-0.4, -0.2) is 35.4 Å². The summed E-state index contributed by atoms with van der Waals surface area (Å²) < 4.78 is 7.38. The number of amides is 1. The number of nitrogens with zero attached hydrogens (tertiary/aromatic N) is 2. The van der Waals surface area contributed by atoms with Gasteiger partial charge in [0.2, 0.25) is 11.7 Å². The summed E-state index contributed by atoms with van der Waals surface area (Å²) in [5, 5.41) is 0. The van der Waals surface area contributed by atoms with Gasteiger partial charge in [-0.2, -0.15) is 0 Å². The number of carbonyl (C=O) groups excluding carboxylic acids is 3. The Kier molecular flexibility index (Phi) is 6.20. The Morgan fingerprint density at radius 3 is 2.48 bits per heavy atom. The van der Waals surface area contributed by atoms with Crippen molar-refractivity contribution >= 4 is 23.3 Å². The number of rotatable bonds is 7. The zero-order valence-electron chi connectivity index (χ0n) is 17.5. The van der Waals surface area contributed by atoms with E-state index in [0.29, 0.717) is 5.56 Å². The first-order valence-corrected chi connectivity index (χ1v) is 10.1. The maximum Gasteiger partial charge on any atom is 0.311 e. The van der Waals surface area contributed by atoms with E-state index in [2.05, 4.69) is 11.5 Å². The van der Waals surface area contributed by atoms with Gasteiger partial charge in [-0.3, -0.25) is 14.4 Å². The van der Waals surface area contributed by atoms with E-state index < -0.39 is 11.9 Å². The molecule has 1 aliphatic rings. The van der Waals surface area contributed by atoms with Gasteiger partial charge in [-0.25, -0.2) is 0 Å². The Balaban J connectivity index is 1.60. The number of aromatic nitrogens is 1. The van der Waals surface area contributed by atoms with Crippen LogP contribution in [0.25, 0.3) is 0 Å². The fourth-order valence-corrected chi connectivity index (χ4v) is 3.82. The molecule has 0 spiro atoms. The number of Topliss-reactive ketones (excluding diaryl/α,β-unsaturated/α-hetero) is 1. The molecule has 6 heteroatoms. The molecule has 0 saturated carbocycles. The molecule has 1 aromatic carbocycles. The summed E-state index contributed by atoms with van der Waals surface area (Å²) in [4.78, 5) is 39.0. The molecule has 1 amide bonds. The average molecular weight is 396 g/mol. The number of hydrogen-bond donors (Lipinski definition) is 0. The molecular formula is C23H28N2O4. The summed E-state index contributed by atoms with van der Waals surface area (Å²) in [5.41, 5.74) is 4.39. The molecule has 0 radical (unpaired) electrons. The van der Waals surface area contributed by atoms with Crippen LogP contribution in [0.15, 0.2) is 30.3 Å². The Hall–Kier alpha value is -2.89. The summed E-state index contributed by atoms with van der Waals surface area (Å²) in [6.45, 7) is 8.77. The smallest absolute Gasteiger partial charge is 0.311 e. The molecule has 2 aromatic rings. The van der Waals surface area contributed by atoms with Gasteiger partial charge >= 0.3 is 5.97 Å². The second-order valence-corrected chi connectivity index (χ2v) is 7.71. The topological polar surface area (TPSA) is 68.6 Å². The molecule has 0 aliphatic carbocycles. The minimum Gasteiger partial charge on any atom is -0.457 e. The molecule has 29 heavy (non-hydrogen) atoms. The van der Waals surface area contributed by atoms with E-state index >= 15 is 0 Å². The zero-order valence-corrected chi connectivity index (χ0v) is 17.5. The van der Waals surface area contributed by atoms with Gasteiger partial charge in [-0.15, -0.1) is 0 Å². The summed E-state index contributed by atoms with van der Waals surface area (Å²) in [5.74, 6) is -1.37. The van der Waals surface area contributed by atoms with E-state index in [-0.39, 0.29) is 31.3 Å². The van der Waals surface area contributed by atoms with Crippen molar-refractivity contribution in [2.24, 2.45) is 5.92 Å². The maximum atomic E-state index is 12.6. The van der Waals surface area contributed by atoms with Crippen molar-refractivity contribution in [1.82, 2.24) is 4.57 Å². The molecule has 1 fully saturated rings. The molecule has 0 unspecified atom stereocenters. The van der Waals surface area contributed by atoms with Gasteiger partial charge in [0.1, 0.15) is 0 Å². The highest BCUT2D eigenvalue weighted by Gasteiger charge is 2.36. The predicted molar refractivity (Wildman–Crippen MR) is 111 cm³/mol. The minimum atomic E-state index is -0.552. The molecule has 0 bridgehead atoms. The van der Waals surface area contributed by atoms with E-state index in [1.165, 1.54) is 0 Å². The quantitative estimate of drug-likeness (QED) is 0.530. The normalized spacial score (nSPS) is 16.3. The van der Waals surface area contributed by atoms with Crippen molar-refractivity contribution in [2.45, 2.75) is 47.1 Å². The highest BCUT2D eigenvalue weighted by atomic mass is 16.5. The highest BCUT2D eigenvalue weighted by molar-refractivity contribution is 6.01. The highest BCUT2D eigenvalue weighted by Crippen LogP contribution is 2.26. The monoisotopic (exact) mass is 396 g/mol. The largest absolute Gasteiger partial charge is 0.457 e. The molecule has 1 saturated heterocycles. The summed E-state index contributed by atoms with van der Waals surface area (Å²) in [7, 11) is 0. The summed E-state index contributed by atoms with van der Waals surface area (Å²) in [6, 6.07) is 9.45. The van der Waals surface area contributed by atoms with Gasteiger partial charge in [-0.1, -0.05) is 24.6 Å². The molecule has 6 nitrogen and oxygen atoms in total. The Morgan fingerprint density at radius 1 is 1.14 bits per heavy atom. The van der Waals surface area contributed by atoms with Crippen LogP contribution in [0.5, 0.6) is 0 Å². The summed E-state index contributed by atoms with van der Waals surface area (Å²) in [6.07, 6.45) is 1.08. The Labute approximate surface area is 171 Å². The molecule has 0 N–H and O–H groups in total. The fourth-order valence-electron chi connectivity index (χ4n) is 3.82. The lowest BCUT2D eigenvalue weighted by Gasteiger charge is -2.16. The van der Waals surface area contributed by atoms with Gasteiger partial charge in [0, 0.05) is 42.1 Å². The lowest BCUT2D eigenvalue weighted by Crippen LogP contribution is -2.27. The number of ether oxygens (including phenoxy) is 1. The SMILES string of the molecule is CCCn1c(C)cc(C(=O)COC(=O)[C@H]2CC(=O)N(c3ccc(C)cc3)C2)c1C. The number of ketones is 1. The number of hydrogen-bond acceptors (Lipinski definition) is 4. The molecule has 154 valence electrons. The van der Waals surface area contributed by atoms with Gasteiger partial charge in [0.15, 0.2) is 6.61 Å². The lowest BCUT2D eigenvalue weighted by atomic mass is 10.1. The minimum absolute atomic E-state index is 0.103. The first kappa shape index (κ1) is 20.8. The standard InChI is InChI=1S/C23H28N2O4/c1-5-10-24-16(3)11-20(17(24)4)21(26)14-29-23(28)18-12-22(27)25(13-18)19-8-6-15(2)7-9-19/h6-9,11,18H,5,10,12-14H2,1-4H3/t18-/m0/s1. The van der Waals surface area contributed by atoms with Crippen LogP contribution in [0.3, 0.4) is 0 Å². The molecule has 1 aliphatic heterocycles. The number of aryl methyl sites for hydroxylation is 2. The average Bonchev–Trinajstić information content (AvgIpc) is 3.22. The number of anilines is 1. The van der Waals surface area contributed by atoms with Crippen LogP contribution in [0, 0.1) is 26.7 Å². The van der Waals surface area contributed by atoms with E-state index in [4.69, 9.17) is 4.74 Å². The van der Waals surface area contributed by atoms with Gasteiger partial charge in [-0.05, 0) is 45.4 Å². The first-order valence-electron chi connectivity index (χ1n) is 10.1. The molecule has 3 rings (SSSR count). The third-order valence-corrected chi connectivity index (χ3v) is 5.47. The van der Waals surface area contributed by atoms with Gasteiger partial charge in [0.25, 0.3) is 0 Å². The van der Waals surface area contributed by atoms with Crippen molar-refractivity contribution in [1.29, 1.82) is 0 Å². The van der Waals surface area contributed by atoms with Crippen molar-refractivity contribution in [3.05, 3.63) is 52.8 Å². The second-order valence-electron chi connectivity index (χ2n) is 7.71. The van der Waals surface area contributed by atoms with Crippen LogP contribution in [0.2, 0.25) is 0 Å². The molecular weight excluding hydrogens is 368 g/mol.